The van der Waals surface area contributed by atoms with Crippen molar-refractivity contribution in [3.8, 4) is 5.75 Å². The van der Waals surface area contributed by atoms with Crippen LogP contribution in [0.25, 0.3) is 0 Å². The SMILES string of the molecule is CC[C@@H](Cc1ccc(OC)c(NC(=O)Cc2ccc(C(F)(F)F)cc2)c1)C(=O)N1C(=O)OCC1Cc1ccccc1. The zero-order valence-electron chi connectivity index (χ0n) is 22.7. The van der Waals surface area contributed by atoms with E-state index in [4.69, 9.17) is 9.47 Å². The van der Waals surface area contributed by atoms with Gasteiger partial charge in [-0.1, -0.05) is 55.5 Å². The molecule has 0 aliphatic carbocycles. The lowest BCUT2D eigenvalue weighted by Crippen LogP contribution is -2.44. The number of carbonyl (C=O) groups excluding carboxylic acids is 3. The Kier molecular flexibility index (Phi) is 9.31. The second-order valence-electron chi connectivity index (χ2n) is 9.89. The Hall–Kier alpha value is -4.34. The third-order valence-corrected chi connectivity index (χ3v) is 7.02. The first-order chi connectivity index (χ1) is 19.6. The molecule has 0 saturated carbocycles. The van der Waals surface area contributed by atoms with Crippen molar-refractivity contribution in [1.82, 2.24) is 4.90 Å². The number of hydrogen-bond donors (Lipinski definition) is 1. The largest absolute Gasteiger partial charge is 0.495 e. The van der Waals surface area contributed by atoms with Gasteiger partial charge in [-0.3, -0.25) is 9.59 Å². The van der Waals surface area contributed by atoms with Crippen LogP contribution in [-0.2, 0) is 39.8 Å². The molecular weight excluding hydrogens is 537 g/mol. The van der Waals surface area contributed by atoms with E-state index in [0.717, 1.165) is 23.3 Å². The van der Waals surface area contributed by atoms with E-state index in [9.17, 15) is 27.6 Å². The minimum Gasteiger partial charge on any atom is -0.495 e. The first-order valence-electron chi connectivity index (χ1n) is 13.3. The van der Waals surface area contributed by atoms with Crippen molar-refractivity contribution in [1.29, 1.82) is 0 Å². The van der Waals surface area contributed by atoms with Gasteiger partial charge in [0.1, 0.15) is 12.4 Å². The van der Waals surface area contributed by atoms with E-state index in [1.165, 1.54) is 24.1 Å². The number of hydrogen-bond acceptors (Lipinski definition) is 5. The van der Waals surface area contributed by atoms with E-state index in [-0.39, 0.29) is 18.9 Å². The van der Waals surface area contributed by atoms with Crippen molar-refractivity contribution in [3.63, 3.8) is 0 Å². The number of anilines is 1. The number of halogens is 3. The Labute approximate surface area is 236 Å². The minimum absolute atomic E-state index is 0.132. The number of ether oxygens (including phenoxy) is 2. The molecule has 0 bridgehead atoms. The second kappa shape index (κ2) is 12.9. The Bertz CT molecular complexity index is 1380. The monoisotopic (exact) mass is 568 g/mol. The van der Waals surface area contributed by atoms with Crippen molar-refractivity contribution < 1.29 is 37.0 Å². The molecule has 3 amide bonds. The molecule has 216 valence electrons. The van der Waals surface area contributed by atoms with Crippen LogP contribution in [0.3, 0.4) is 0 Å². The summed E-state index contributed by atoms with van der Waals surface area (Å²) >= 11 is 0. The predicted octanol–water partition coefficient (Wildman–Crippen LogP) is 6.05. The number of carbonyl (C=O) groups is 3. The van der Waals surface area contributed by atoms with Crippen LogP contribution in [0.2, 0.25) is 0 Å². The highest BCUT2D eigenvalue weighted by atomic mass is 19.4. The van der Waals surface area contributed by atoms with E-state index in [1.54, 1.807) is 18.2 Å². The van der Waals surface area contributed by atoms with Crippen LogP contribution >= 0.6 is 0 Å². The first-order valence-corrected chi connectivity index (χ1v) is 13.3. The molecule has 3 aromatic carbocycles. The maximum Gasteiger partial charge on any atom is 0.416 e. The smallest absolute Gasteiger partial charge is 0.416 e. The van der Waals surface area contributed by atoms with Gasteiger partial charge in [-0.25, -0.2) is 9.69 Å². The Morgan fingerprint density at radius 2 is 1.71 bits per heavy atom. The summed E-state index contributed by atoms with van der Waals surface area (Å²) in [6.07, 6.45) is -3.97. The number of nitrogens with one attached hydrogen (secondary N) is 1. The van der Waals surface area contributed by atoms with E-state index >= 15 is 0 Å². The number of benzene rings is 3. The summed E-state index contributed by atoms with van der Waals surface area (Å²) in [5.74, 6) is -0.880. The molecule has 1 aliphatic rings. The lowest BCUT2D eigenvalue weighted by molar-refractivity contribution is -0.137. The summed E-state index contributed by atoms with van der Waals surface area (Å²) in [6.45, 7) is 2.00. The van der Waals surface area contributed by atoms with Crippen molar-refractivity contribution >= 4 is 23.6 Å². The summed E-state index contributed by atoms with van der Waals surface area (Å²) in [6, 6.07) is 18.7. The summed E-state index contributed by atoms with van der Waals surface area (Å²) < 4.78 is 49.1. The summed E-state index contributed by atoms with van der Waals surface area (Å²) in [5, 5.41) is 2.76. The lowest BCUT2D eigenvalue weighted by atomic mass is 9.94. The van der Waals surface area contributed by atoms with E-state index in [0.29, 0.717) is 36.3 Å². The molecule has 41 heavy (non-hydrogen) atoms. The molecule has 2 atom stereocenters. The molecule has 0 aromatic heterocycles. The van der Waals surface area contributed by atoms with E-state index in [2.05, 4.69) is 5.32 Å². The topological polar surface area (TPSA) is 84.9 Å². The third-order valence-electron chi connectivity index (χ3n) is 7.02. The van der Waals surface area contributed by atoms with Crippen LogP contribution in [0, 0.1) is 5.92 Å². The maximum absolute atomic E-state index is 13.5. The zero-order chi connectivity index (χ0) is 29.6. The second-order valence-corrected chi connectivity index (χ2v) is 9.89. The van der Waals surface area contributed by atoms with Crippen LogP contribution in [0.1, 0.15) is 35.6 Å². The predicted molar refractivity (Wildman–Crippen MR) is 146 cm³/mol. The van der Waals surface area contributed by atoms with Gasteiger partial charge in [0, 0.05) is 5.92 Å². The number of imide groups is 1. The van der Waals surface area contributed by atoms with Crippen molar-refractivity contribution in [3.05, 3.63) is 95.1 Å². The zero-order valence-corrected chi connectivity index (χ0v) is 22.7. The molecule has 1 saturated heterocycles. The molecule has 1 fully saturated rings. The molecular formula is C31H31F3N2O5. The molecule has 0 radical (unpaired) electrons. The minimum atomic E-state index is -4.45. The molecule has 1 aliphatic heterocycles. The average Bonchev–Trinajstić information content (AvgIpc) is 3.31. The van der Waals surface area contributed by atoms with Crippen molar-refractivity contribution in [2.75, 3.05) is 19.0 Å². The molecule has 1 heterocycles. The molecule has 7 nitrogen and oxygen atoms in total. The van der Waals surface area contributed by atoms with Crippen LogP contribution in [0.15, 0.2) is 72.8 Å². The number of methoxy groups -OCH3 is 1. The number of rotatable bonds is 10. The highest BCUT2D eigenvalue weighted by Gasteiger charge is 2.40. The van der Waals surface area contributed by atoms with Crippen molar-refractivity contribution in [2.45, 2.75) is 44.8 Å². The fraction of sp³-hybridized carbons (Fsp3) is 0.323. The number of alkyl halides is 3. The highest BCUT2D eigenvalue weighted by Crippen LogP contribution is 2.31. The summed E-state index contributed by atoms with van der Waals surface area (Å²) in [5.41, 5.74) is 1.73. The van der Waals surface area contributed by atoms with Gasteiger partial charge in [-0.15, -0.1) is 0 Å². The van der Waals surface area contributed by atoms with Gasteiger partial charge < -0.3 is 14.8 Å². The molecule has 1 N–H and O–H groups in total. The van der Waals surface area contributed by atoms with Gasteiger partial charge in [0.05, 0.1) is 30.8 Å². The quantitative estimate of drug-likeness (QED) is 0.322. The third kappa shape index (κ3) is 7.45. The normalized spacial score (nSPS) is 15.8. The van der Waals surface area contributed by atoms with Crippen LogP contribution in [0.4, 0.5) is 23.7 Å². The molecule has 0 spiro atoms. The fourth-order valence-electron chi connectivity index (χ4n) is 4.83. The Morgan fingerprint density at radius 3 is 2.34 bits per heavy atom. The number of nitrogens with zero attached hydrogens (tertiary/aromatic N) is 1. The first kappa shape index (κ1) is 29.6. The lowest BCUT2D eigenvalue weighted by Gasteiger charge is -2.24. The van der Waals surface area contributed by atoms with Gasteiger partial charge in [0.2, 0.25) is 11.8 Å². The van der Waals surface area contributed by atoms with Gasteiger partial charge in [-0.05, 0) is 60.2 Å². The van der Waals surface area contributed by atoms with E-state index in [1.807, 2.05) is 37.3 Å². The molecule has 10 heteroatoms. The Balaban J connectivity index is 1.45. The number of cyclic esters (lactones) is 1. The molecule has 1 unspecified atom stereocenters. The van der Waals surface area contributed by atoms with Gasteiger partial charge in [0.15, 0.2) is 0 Å². The molecule has 3 aromatic rings. The fourth-order valence-corrected chi connectivity index (χ4v) is 4.83. The van der Waals surface area contributed by atoms with Gasteiger partial charge in [-0.2, -0.15) is 13.2 Å². The average molecular weight is 569 g/mol. The Morgan fingerprint density at radius 1 is 1.02 bits per heavy atom. The van der Waals surface area contributed by atoms with Gasteiger partial charge >= 0.3 is 12.3 Å². The van der Waals surface area contributed by atoms with Crippen LogP contribution in [-0.4, -0.2) is 42.6 Å². The van der Waals surface area contributed by atoms with E-state index < -0.39 is 35.7 Å². The highest BCUT2D eigenvalue weighted by molar-refractivity contribution is 5.95. The molecule has 4 rings (SSSR count). The maximum atomic E-state index is 13.5. The van der Waals surface area contributed by atoms with Crippen molar-refractivity contribution in [2.24, 2.45) is 5.92 Å². The van der Waals surface area contributed by atoms with Gasteiger partial charge in [0.25, 0.3) is 0 Å². The van der Waals surface area contributed by atoms with Crippen LogP contribution < -0.4 is 10.1 Å². The summed E-state index contributed by atoms with van der Waals surface area (Å²) in [7, 11) is 1.45. The number of amides is 3. The standard InChI is InChI=1S/C31H31F3N2O5/c1-3-23(29(38)36-25(19-41-30(36)39)16-20-7-5-4-6-8-20)15-22-11-14-27(40-2)26(17-22)35-28(37)18-21-9-12-24(13-10-21)31(32,33)34/h4-14,17,23,25H,3,15-16,18-19H2,1-2H3,(H,35,37)/t23-,25?/m0/s1. The van der Waals surface area contributed by atoms with Crippen LogP contribution in [0.5, 0.6) is 5.75 Å². The summed E-state index contributed by atoms with van der Waals surface area (Å²) in [4.78, 5) is 40.0.